The minimum absolute atomic E-state index is 0.720. The van der Waals surface area contributed by atoms with Crippen molar-refractivity contribution in [3.63, 3.8) is 0 Å². The van der Waals surface area contributed by atoms with Gasteiger partial charge in [-0.15, -0.1) is 0 Å². The Morgan fingerprint density at radius 3 is 1.74 bits per heavy atom. The Hall–Kier alpha value is -1.83. The number of hydrogen-bond donors (Lipinski definition) is 1. The van der Waals surface area contributed by atoms with Crippen LogP contribution in [-0.4, -0.2) is 4.98 Å². The van der Waals surface area contributed by atoms with E-state index in [1.54, 1.807) is 6.20 Å². The number of nitrogen functional groups attached to an aromatic ring is 1. The van der Waals surface area contributed by atoms with Crippen LogP contribution in [0.2, 0.25) is 0 Å². The van der Waals surface area contributed by atoms with Crippen molar-refractivity contribution in [2.24, 2.45) is 0 Å². The van der Waals surface area contributed by atoms with E-state index in [0.29, 0.717) is 0 Å². The van der Waals surface area contributed by atoms with E-state index in [4.69, 9.17) is 5.73 Å². The molecule has 0 saturated heterocycles. The average Bonchev–Trinajstić information content (AvgIpc) is 2.37. The molecule has 0 aliphatic heterocycles. The van der Waals surface area contributed by atoms with Gasteiger partial charge >= 0.3 is 0 Å². The van der Waals surface area contributed by atoms with Crippen molar-refractivity contribution < 1.29 is 0 Å². The van der Waals surface area contributed by atoms with E-state index in [-0.39, 0.29) is 0 Å². The highest BCUT2D eigenvalue weighted by molar-refractivity contribution is 5.74. The summed E-state index contributed by atoms with van der Waals surface area (Å²) in [5.41, 5.74) is 16.7. The summed E-state index contributed by atoms with van der Waals surface area (Å²) in [5, 5.41) is 0. The van der Waals surface area contributed by atoms with Gasteiger partial charge in [0.2, 0.25) is 0 Å². The molecule has 2 aromatic rings. The molecule has 2 N–H and O–H groups in total. The third-order valence-corrected chi connectivity index (χ3v) is 4.34. The molecule has 1 aromatic carbocycles. The zero-order valence-electron chi connectivity index (χ0n) is 12.7. The molecule has 0 bridgehead atoms. The van der Waals surface area contributed by atoms with Crippen LogP contribution in [0.25, 0.3) is 11.3 Å². The smallest absolute Gasteiger partial charge is 0.0738 e. The number of rotatable bonds is 1. The molecule has 0 amide bonds. The predicted octanol–water partition coefficient (Wildman–Crippen LogP) is 4.18. The van der Waals surface area contributed by atoms with Gasteiger partial charge in [-0.2, -0.15) is 0 Å². The second kappa shape index (κ2) is 4.69. The fourth-order valence-electron chi connectivity index (χ4n) is 2.71. The number of pyridine rings is 1. The van der Waals surface area contributed by atoms with Crippen molar-refractivity contribution in [3.8, 4) is 11.3 Å². The number of aromatic nitrogens is 1. The molecule has 0 aliphatic rings. The Morgan fingerprint density at radius 2 is 1.26 bits per heavy atom. The summed E-state index contributed by atoms with van der Waals surface area (Å²) in [6, 6.07) is 1.99. The van der Waals surface area contributed by atoms with Crippen LogP contribution in [0.15, 0.2) is 12.3 Å². The van der Waals surface area contributed by atoms with Crippen LogP contribution < -0.4 is 5.73 Å². The van der Waals surface area contributed by atoms with Gasteiger partial charge in [0.25, 0.3) is 0 Å². The monoisotopic (exact) mass is 254 g/mol. The van der Waals surface area contributed by atoms with Crippen molar-refractivity contribution in [1.82, 2.24) is 4.98 Å². The Kier molecular flexibility index (Phi) is 3.36. The maximum absolute atomic E-state index is 5.80. The molecule has 0 fully saturated rings. The maximum atomic E-state index is 5.80. The molecule has 19 heavy (non-hydrogen) atoms. The molecule has 2 heteroatoms. The summed E-state index contributed by atoms with van der Waals surface area (Å²) < 4.78 is 0. The lowest BCUT2D eigenvalue weighted by atomic mass is 9.87. The van der Waals surface area contributed by atoms with Crippen molar-refractivity contribution in [2.75, 3.05) is 5.73 Å². The molecule has 2 nitrogen and oxygen atoms in total. The molecular weight excluding hydrogens is 232 g/mol. The standard InChI is InChI=1S/C17H22N2/c1-9-7-15(18)8-19-17(9)16-13(5)11(3)10(2)12(4)14(16)6/h7-8H,18H2,1-6H3. The molecule has 1 aromatic heterocycles. The quantitative estimate of drug-likeness (QED) is 0.829. The van der Waals surface area contributed by atoms with E-state index in [0.717, 1.165) is 16.9 Å². The predicted molar refractivity (Wildman–Crippen MR) is 82.5 cm³/mol. The average molecular weight is 254 g/mol. The van der Waals surface area contributed by atoms with Crippen LogP contribution in [0.4, 0.5) is 5.69 Å². The normalized spacial score (nSPS) is 10.8. The van der Waals surface area contributed by atoms with Crippen LogP contribution in [0.3, 0.4) is 0 Å². The Labute approximate surface area is 115 Å². The zero-order valence-corrected chi connectivity index (χ0v) is 12.7. The third kappa shape index (κ3) is 2.12. The van der Waals surface area contributed by atoms with Gasteiger partial charge in [0, 0.05) is 5.56 Å². The summed E-state index contributed by atoms with van der Waals surface area (Å²) in [6.07, 6.45) is 1.74. The lowest BCUT2D eigenvalue weighted by molar-refractivity contribution is 1.16. The van der Waals surface area contributed by atoms with Gasteiger partial charge in [0.1, 0.15) is 0 Å². The van der Waals surface area contributed by atoms with E-state index >= 15 is 0 Å². The van der Waals surface area contributed by atoms with E-state index < -0.39 is 0 Å². The molecule has 100 valence electrons. The number of nitrogens with two attached hydrogens (primary N) is 1. The van der Waals surface area contributed by atoms with E-state index in [1.165, 1.54) is 33.4 Å². The van der Waals surface area contributed by atoms with Crippen LogP contribution in [0.1, 0.15) is 33.4 Å². The first kappa shape index (κ1) is 13.6. The summed E-state index contributed by atoms with van der Waals surface area (Å²) >= 11 is 0. The fraction of sp³-hybridized carbons (Fsp3) is 0.353. The van der Waals surface area contributed by atoms with Crippen molar-refractivity contribution >= 4 is 5.69 Å². The second-order valence-electron chi connectivity index (χ2n) is 5.43. The van der Waals surface area contributed by atoms with Gasteiger partial charge in [-0.1, -0.05) is 0 Å². The van der Waals surface area contributed by atoms with Gasteiger partial charge in [-0.3, -0.25) is 4.98 Å². The van der Waals surface area contributed by atoms with E-state index in [1.807, 2.05) is 6.07 Å². The SMILES string of the molecule is Cc1cc(N)cnc1-c1c(C)c(C)c(C)c(C)c1C. The minimum Gasteiger partial charge on any atom is -0.397 e. The number of anilines is 1. The number of aryl methyl sites for hydroxylation is 1. The topological polar surface area (TPSA) is 38.9 Å². The lowest BCUT2D eigenvalue weighted by Gasteiger charge is -2.19. The Morgan fingerprint density at radius 1 is 0.789 bits per heavy atom. The Bertz CT molecular complexity index is 626. The summed E-state index contributed by atoms with van der Waals surface area (Å²) in [6.45, 7) is 13.0. The summed E-state index contributed by atoms with van der Waals surface area (Å²) in [4.78, 5) is 4.56. The molecule has 0 atom stereocenters. The highest BCUT2D eigenvalue weighted by atomic mass is 14.7. The minimum atomic E-state index is 0.720. The summed E-state index contributed by atoms with van der Waals surface area (Å²) in [5.74, 6) is 0. The van der Waals surface area contributed by atoms with Crippen LogP contribution in [0, 0.1) is 41.5 Å². The molecule has 2 rings (SSSR count). The highest BCUT2D eigenvalue weighted by Crippen LogP contribution is 2.34. The Balaban J connectivity index is 2.83. The molecule has 1 heterocycles. The largest absolute Gasteiger partial charge is 0.397 e. The first-order valence-corrected chi connectivity index (χ1v) is 6.64. The molecule has 0 unspecified atom stereocenters. The number of nitrogens with zero attached hydrogens (tertiary/aromatic N) is 1. The summed E-state index contributed by atoms with van der Waals surface area (Å²) in [7, 11) is 0. The zero-order chi connectivity index (χ0) is 14.3. The lowest BCUT2D eigenvalue weighted by Crippen LogP contribution is -2.02. The van der Waals surface area contributed by atoms with E-state index in [2.05, 4.69) is 46.5 Å². The molecular formula is C17H22N2. The number of benzene rings is 1. The van der Waals surface area contributed by atoms with Crippen LogP contribution >= 0.6 is 0 Å². The fourth-order valence-corrected chi connectivity index (χ4v) is 2.71. The van der Waals surface area contributed by atoms with Crippen LogP contribution in [-0.2, 0) is 0 Å². The second-order valence-corrected chi connectivity index (χ2v) is 5.43. The van der Waals surface area contributed by atoms with Crippen molar-refractivity contribution in [1.29, 1.82) is 0 Å². The first-order chi connectivity index (χ1) is 8.84. The van der Waals surface area contributed by atoms with Crippen molar-refractivity contribution in [3.05, 3.63) is 45.6 Å². The van der Waals surface area contributed by atoms with Gasteiger partial charge in [-0.05, 0) is 81.0 Å². The van der Waals surface area contributed by atoms with Gasteiger partial charge < -0.3 is 5.73 Å². The molecule has 0 spiro atoms. The van der Waals surface area contributed by atoms with Gasteiger partial charge in [0.05, 0.1) is 17.6 Å². The maximum Gasteiger partial charge on any atom is 0.0738 e. The first-order valence-electron chi connectivity index (χ1n) is 6.64. The molecule has 0 radical (unpaired) electrons. The highest BCUT2D eigenvalue weighted by Gasteiger charge is 2.16. The molecule has 0 saturated carbocycles. The number of hydrogen-bond acceptors (Lipinski definition) is 2. The van der Waals surface area contributed by atoms with E-state index in [9.17, 15) is 0 Å². The van der Waals surface area contributed by atoms with Crippen molar-refractivity contribution in [2.45, 2.75) is 41.5 Å². The van der Waals surface area contributed by atoms with Gasteiger partial charge in [-0.25, -0.2) is 0 Å². The third-order valence-electron chi connectivity index (χ3n) is 4.34. The van der Waals surface area contributed by atoms with Crippen LogP contribution in [0.5, 0.6) is 0 Å². The molecule has 0 aliphatic carbocycles. The van der Waals surface area contributed by atoms with Gasteiger partial charge in [0.15, 0.2) is 0 Å².